The second-order valence-electron chi connectivity index (χ2n) is 3.69. The van der Waals surface area contributed by atoms with Gasteiger partial charge in [0.05, 0.1) is 13.7 Å². The van der Waals surface area contributed by atoms with Crippen LogP contribution in [-0.2, 0) is 16.0 Å². The molecular weight excluding hydrogens is 241 g/mol. The van der Waals surface area contributed by atoms with Gasteiger partial charge in [0, 0.05) is 0 Å². The molecule has 0 aliphatic rings. The van der Waals surface area contributed by atoms with E-state index in [0.29, 0.717) is 5.56 Å². The normalized spacial score (nSPS) is 12.0. The average Bonchev–Trinajstić information content (AvgIpc) is 2.33. The van der Waals surface area contributed by atoms with E-state index in [-0.39, 0.29) is 18.8 Å². The number of hydrogen-bond acceptors (Lipinski definition) is 5. The zero-order chi connectivity index (χ0) is 13.7. The lowest BCUT2D eigenvalue weighted by atomic mass is 10.1. The minimum atomic E-state index is -0.876. The lowest BCUT2D eigenvalue weighted by Gasteiger charge is -2.12. The molecule has 1 rings (SSSR count). The number of hydrogen-bond donors (Lipinski definition) is 2. The van der Waals surface area contributed by atoms with Crippen molar-refractivity contribution < 1.29 is 23.8 Å². The predicted molar refractivity (Wildman–Crippen MR) is 62.9 cm³/mol. The van der Waals surface area contributed by atoms with E-state index in [1.165, 1.54) is 13.2 Å². The first-order chi connectivity index (χ1) is 8.49. The van der Waals surface area contributed by atoms with Gasteiger partial charge in [0.15, 0.2) is 17.3 Å². The molecule has 0 fully saturated rings. The molecule has 5 nitrogen and oxygen atoms in total. The average molecular weight is 257 g/mol. The lowest BCUT2D eigenvalue weighted by Crippen LogP contribution is -2.34. The summed E-state index contributed by atoms with van der Waals surface area (Å²) in [6, 6.07) is 1.66. The molecule has 0 amide bonds. The first-order valence-corrected chi connectivity index (χ1v) is 5.47. The van der Waals surface area contributed by atoms with Gasteiger partial charge < -0.3 is 20.3 Å². The summed E-state index contributed by atoms with van der Waals surface area (Å²) in [5.41, 5.74) is 6.06. The number of benzene rings is 1. The van der Waals surface area contributed by atoms with Crippen LogP contribution in [0.4, 0.5) is 4.39 Å². The minimum Gasteiger partial charge on any atom is -0.502 e. The van der Waals surface area contributed by atoms with E-state index in [9.17, 15) is 14.3 Å². The molecule has 0 aliphatic heterocycles. The molecule has 3 N–H and O–H groups in total. The van der Waals surface area contributed by atoms with Gasteiger partial charge in [-0.3, -0.25) is 4.79 Å². The molecule has 0 aliphatic carbocycles. The van der Waals surface area contributed by atoms with Crippen LogP contribution in [0.5, 0.6) is 11.5 Å². The van der Waals surface area contributed by atoms with E-state index < -0.39 is 23.6 Å². The van der Waals surface area contributed by atoms with Gasteiger partial charge in [-0.05, 0) is 31.0 Å². The van der Waals surface area contributed by atoms with Gasteiger partial charge in [-0.1, -0.05) is 0 Å². The van der Waals surface area contributed by atoms with Crippen LogP contribution in [0, 0.1) is 5.82 Å². The van der Waals surface area contributed by atoms with E-state index in [1.54, 1.807) is 6.92 Å². The van der Waals surface area contributed by atoms with Crippen LogP contribution in [0.25, 0.3) is 0 Å². The van der Waals surface area contributed by atoms with Crippen molar-refractivity contribution in [3.63, 3.8) is 0 Å². The molecule has 1 unspecified atom stereocenters. The molecule has 0 saturated heterocycles. The van der Waals surface area contributed by atoms with Crippen molar-refractivity contribution in [2.24, 2.45) is 5.73 Å². The summed E-state index contributed by atoms with van der Waals surface area (Å²) in [6.07, 6.45) is 0.104. The Morgan fingerprint density at radius 2 is 2.22 bits per heavy atom. The maximum atomic E-state index is 13.3. The van der Waals surface area contributed by atoms with Crippen molar-refractivity contribution in [2.45, 2.75) is 19.4 Å². The van der Waals surface area contributed by atoms with Crippen molar-refractivity contribution in [3.8, 4) is 11.5 Å². The second kappa shape index (κ2) is 6.20. The van der Waals surface area contributed by atoms with Gasteiger partial charge in [-0.15, -0.1) is 0 Å². The molecule has 0 aromatic heterocycles. The second-order valence-corrected chi connectivity index (χ2v) is 3.69. The number of nitrogens with two attached hydrogens (primary N) is 1. The SMILES string of the molecule is CCOC(=O)C(N)Cc1cc(F)c(O)c(OC)c1. The van der Waals surface area contributed by atoms with Gasteiger partial charge >= 0.3 is 5.97 Å². The zero-order valence-corrected chi connectivity index (χ0v) is 10.3. The van der Waals surface area contributed by atoms with Crippen molar-refractivity contribution in [1.29, 1.82) is 0 Å². The van der Waals surface area contributed by atoms with Crippen LogP contribution in [0.2, 0.25) is 0 Å². The summed E-state index contributed by atoms with van der Waals surface area (Å²) < 4.78 is 22.9. The molecule has 0 spiro atoms. The maximum absolute atomic E-state index is 13.3. The summed E-state index contributed by atoms with van der Waals surface area (Å²) >= 11 is 0. The summed E-state index contributed by atoms with van der Waals surface area (Å²) in [7, 11) is 1.31. The summed E-state index contributed by atoms with van der Waals surface area (Å²) in [5.74, 6) is -1.93. The molecule has 100 valence electrons. The molecule has 1 aromatic rings. The highest BCUT2D eigenvalue weighted by Crippen LogP contribution is 2.30. The number of rotatable bonds is 5. The third-order valence-electron chi connectivity index (χ3n) is 2.35. The Hall–Kier alpha value is -1.82. The van der Waals surface area contributed by atoms with Gasteiger partial charge in [0.25, 0.3) is 0 Å². The molecule has 0 heterocycles. The fourth-order valence-electron chi connectivity index (χ4n) is 1.49. The Morgan fingerprint density at radius 3 is 2.78 bits per heavy atom. The van der Waals surface area contributed by atoms with Crippen molar-refractivity contribution in [3.05, 3.63) is 23.5 Å². The molecule has 0 radical (unpaired) electrons. The topological polar surface area (TPSA) is 81.8 Å². The minimum absolute atomic E-state index is 0.000980. The monoisotopic (exact) mass is 257 g/mol. The first kappa shape index (κ1) is 14.2. The number of esters is 1. The number of methoxy groups -OCH3 is 1. The fourth-order valence-corrected chi connectivity index (χ4v) is 1.49. The number of aromatic hydroxyl groups is 1. The summed E-state index contributed by atoms with van der Waals surface area (Å²) in [5, 5.41) is 9.33. The molecular formula is C12H16FNO4. The van der Waals surface area contributed by atoms with Crippen LogP contribution in [-0.4, -0.2) is 30.8 Å². The van der Waals surface area contributed by atoms with Gasteiger partial charge in [-0.2, -0.15) is 0 Å². The number of phenols is 1. The van der Waals surface area contributed by atoms with E-state index in [4.69, 9.17) is 15.2 Å². The maximum Gasteiger partial charge on any atom is 0.323 e. The Labute approximate surface area is 104 Å². The largest absolute Gasteiger partial charge is 0.502 e. The summed E-state index contributed by atoms with van der Waals surface area (Å²) in [4.78, 5) is 11.3. The standard InChI is InChI=1S/C12H16FNO4/c1-3-18-12(16)9(14)5-7-4-8(13)11(15)10(6-7)17-2/h4,6,9,15H,3,5,14H2,1-2H3. The van der Waals surface area contributed by atoms with Crippen LogP contribution in [0.1, 0.15) is 12.5 Å². The Balaban J connectivity index is 2.85. The van der Waals surface area contributed by atoms with E-state index in [2.05, 4.69) is 0 Å². The Bertz CT molecular complexity index is 436. The van der Waals surface area contributed by atoms with Gasteiger partial charge in [0.1, 0.15) is 6.04 Å². The van der Waals surface area contributed by atoms with Crippen LogP contribution in [0.15, 0.2) is 12.1 Å². The quantitative estimate of drug-likeness (QED) is 0.768. The predicted octanol–water partition coefficient (Wildman–Crippen LogP) is 0.973. The third kappa shape index (κ3) is 3.33. The molecule has 6 heteroatoms. The highest BCUT2D eigenvalue weighted by molar-refractivity contribution is 5.75. The highest BCUT2D eigenvalue weighted by atomic mass is 19.1. The molecule has 18 heavy (non-hydrogen) atoms. The lowest BCUT2D eigenvalue weighted by molar-refractivity contribution is -0.144. The number of halogens is 1. The number of ether oxygens (including phenoxy) is 2. The van der Waals surface area contributed by atoms with E-state index >= 15 is 0 Å². The molecule has 0 saturated carbocycles. The zero-order valence-electron chi connectivity index (χ0n) is 10.3. The van der Waals surface area contributed by atoms with Crippen LogP contribution in [0.3, 0.4) is 0 Å². The number of carbonyl (C=O) groups excluding carboxylic acids is 1. The van der Waals surface area contributed by atoms with Crippen molar-refractivity contribution in [1.82, 2.24) is 0 Å². The Morgan fingerprint density at radius 1 is 1.56 bits per heavy atom. The summed E-state index contributed by atoms with van der Waals surface area (Å²) in [6.45, 7) is 1.91. The van der Waals surface area contributed by atoms with Gasteiger partial charge in [-0.25, -0.2) is 4.39 Å². The van der Waals surface area contributed by atoms with Crippen LogP contribution >= 0.6 is 0 Å². The number of phenolic OH excluding ortho intramolecular Hbond substituents is 1. The first-order valence-electron chi connectivity index (χ1n) is 5.47. The number of carbonyl (C=O) groups is 1. The Kier molecular flexibility index (Phi) is 4.91. The van der Waals surface area contributed by atoms with E-state index in [1.807, 2.05) is 0 Å². The highest BCUT2D eigenvalue weighted by Gasteiger charge is 2.17. The van der Waals surface area contributed by atoms with Crippen molar-refractivity contribution in [2.75, 3.05) is 13.7 Å². The third-order valence-corrected chi connectivity index (χ3v) is 2.35. The molecule has 1 atom stereocenters. The van der Waals surface area contributed by atoms with Crippen molar-refractivity contribution >= 4 is 5.97 Å². The molecule has 0 bridgehead atoms. The smallest absolute Gasteiger partial charge is 0.323 e. The molecule has 1 aromatic carbocycles. The van der Waals surface area contributed by atoms with E-state index in [0.717, 1.165) is 6.07 Å². The van der Waals surface area contributed by atoms with Gasteiger partial charge in [0.2, 0.25) is 0 Å². The van der Waals surface area contributed by atoms with Crippen LogP contribution < -0.4 is 10.5 Å². The fraction of sp³-hybridized carbons (Fsp3) is 0.417.